The Labute approximate surface area is 174 Å². The summed E-state index contributed by atoms with van der Waals surface area (Å²) < 4.78 is 12.9. The number of carbonyl (C=O) groups excluding carboxylic acids is 1. The van der Waals surface area contributed by atoms with Crippen LogP contribution in [0.1, 0.15) is 47.1 Å². The molecule has 9 nitrogen and oxygen atoms in total. The van der Waals surface area contributed by atoms with Crippen molar-refractivity contribution in [3.63, 3.8) is 0 Å². The van der Waals surface area contributed by atoms with Crippen molar-refractivity contribution < 1.29 is 13.9 Å². The third-order valence-electron chi connectivity index (χ3n) is 6.40. The molecule has 0 N–H and O–H groups in total. The van der Waals surface area contributed by atoms with Gasteiger partial charge in [-0.1, -0.05) is 6.07 Å². The molecule has 9 heteroatoms. The summed E-state index contributed by atoms with van der Waals surface area (Å²) in [6.07, 6.45) is 1.19. The first kappa shape index (κ1) is 19.4. The molecular formula is C21H27N5O4. The number of likely N-dealkylation sites (tertiary alicyclic amines) is 1. The van der Waals surface area contributed by atoms with Crippen LogP contribution in [-0.4, -0.2) is 69.4 Å². The van der Waals surface area contributed by atoms with Gasteiger partial charge in [0.25, 0.3) is 5.56 Å². The van der Waals surface area contributed by atoms with Gasteiger partial charge in [0.1, 0.15) is 0 Å². The minimum atomic E-state index is -0.223. The Morgan fingerprint density at radius 2 is 2.07 bits per heavy atom. The Balaban J connectivity index is 1.36. The third-order valence-corrected chi connectivity index (χ3v) is 6.40. The van der Waals surface area contributed by atoms with Crippen molar-refractivity contribution in [1.82, 2.24) is 24.6 Å². The number of amides is 1. The lowest BCUT2D eigenvalue weighted by atomic mass is 9.83. The molecule has 2 aromatic rings. The lowest BCUT2D eigenvalue weighted by Gasteiger charge is -2.42. The summed E-state index contributed by atoms with van der Waals surface area (Å²) in [4.78, 5) is 30.1. The van der Waals surface area contributed by atoms with E-state index < -0.39 is 0 Å². The maximum absolute atomic E-state index is 13.2. The monoisotopic (exact) mass is 413 g/mol. The molecule has 2 saturated heterocycles. The normalized spacial score (nSPS) is 26.5. The van der Waals surface area contributed by atoms with Gasteiger partial charge in [-0.2, -0.15) is 0 Å². The fourth-order valence-electron chi connectivity index (χ4n) is 5.07. The zero-order valence-corrected chi connectivity index (χ0v) is 17.4. The van der Waals surface area contributed by atoms with Crippen molar-refractivity contribution in [2.24, 2.45) is 5.92 Å². The Kier molecular flexibility index (Phi) is 4.94. The van der Waals surface area contributed by atoms with Crippen LogP contribution in [0.2, 0.25) is 0 Å². The summed E-state index contributed by atoms with van der Waals surface area (Å²) in [5.74, 6) is 0.602. The lowest BCUT2D eigenvalue weighted by Crippen LogP contribution is -2.50. The van der Waals surface area contributed by atoms with Crippen molar-refractivity contribution in [3.05, 3.63) is 45.5 Å². The summed E-state index contributed by atoms with van der Waals surface area (Å²) in [6, 6.07) is 4.04. The molecule has 0 unspecified atom stereocenters. The number of fused-ring (bicyclic) bond motifs is 4. The molecule has 3 aliphatic heterocycles. The van der Waals surface area contributed by atoms with E-state index in [0.717, 1.165) is 30.8 Å². The fourth-order valence-corrected chi connectivity index (χ4v) is 5.07. The van der Waals surface area contributed by atoms with Crippen molar-refractivity contribution in [2.45, 2.75) is 45.4 Å². The van der Waals surface area contributed by atoms with Crippen LogP contribution in [0.3, 0.4) is 0 Å². The molecule has 3 aliphatic rings. The summed E-state index contributed by atoms with van der Waals surface area (Å²) in [5, 5.41) is 7.63. The maximum atomic E-state index is 13.2. The predicted octanol–water partition coefficient (Wildman–Crippen LogP) is 1.02. The van der Waals surface area contributed by atoms with Crippen molar-refractivity contribution in [3.8, 4) is 0 Å². The van der Waals surface area contributed by atoms with Crippen LogP contribution in [0.25, 0.3) is 0 Å². The first-order chi connectivity index (χ1) is 14.5. The summed E-state index contributed by atoms with van der Waals surface area (Å²) >= 11 is 0. The number of nitrogens with zero attached hydrogens (tertiary/aromatic N) is 5. The van der Waals surface area contributed by atoms with E-state index in [1.54, 1.807) is 11.8 Å². The number of pyridine rings is 1. The summed E-state index contributed by atoms with van der Waals surface area (Å²) in [7, 11) is 0. The lowest BCUT2D eigenvalue weighted by molar-refractivity contribution is -0.0214. The minimum absolute atomic E-state index is 0.0416. The molecule has 2 aromatic heterocycles. The SMILES string of the molecule is Cc1nnc(C(=O)N2C[C@@H]3C[C@H](C2)c2ccc(CN4CCO[C@@H](C)C4)c(=O)n2C3)o1. The Hall–Kier alpha value is -2.52. The molecule has 1 amide bonds. The quantitative estimate of drug-likeness (QED) is 0.742. The van der Waals surface area contributed by atoms with Crippen LogP contribution in [0, 0.1) is 12.8 Å². The number of hydrogen-bond donors (Lipinski definition) is 0. The van der Waals surface area contributed by atoms with Gasteiger partial charge in [0.2, 0.25) is 5.89 Å². The van der Waals surface area contributed by atoms with E-state index in [1.807, 2.05) is 10.6 Å². The fraction of sp³-hybridized carbons (Fsp3) is 0.619. The van der Waals surface area contributed by atoms with E-state index in [4.69, 9.17) is 9.15 Å². The zero-order valence-electron chi connectivity index (χ0n) is 17.4. The number of morpholine rings is 1. The van der Waals surface area contributed by atoms with E-state index in [0.29, 0.717) is 38.7 Å². The maximum Gasteiger partial charge on any atom is 0.311 e. The van der Waals surface area contributed by atoms with Gasteiger partial charge in [0.15, 0.2) is 0 Å². The third kappa shape index (κ3) is 3.56. The number of rotatable bonds is 3. The van der Waals surface area contributed by atoms with Crippen LogP contribution in [0.4, 0.5) is 0 Å². The molecule has 2 fully saturated rings. The largest absolute Gasteiger partial charge is 0.417 e. The molecule has 0 radical (unpaired) electrons. The van der Waals surface area contributed by atoms with Gasteiger partial charge in [-0.05, 0) is 25.3 Å². The molecule has 5 heterocycles. The first-order valence-corrected chi connectivity index (χ1v) is 10.6. The van der Waals surface area contributed by atoms with E-state index in [1.165, 1.54) is 0 Å². The van der Waals surface area contributed by atoms with Crippen molar-refractivity contribution in [2.75, 3.05) is 32.8 Å². The Morgan fingerprint density at radius 1 is 1.20 bits per heavy atom. The molecule has 5 rings (SSSR count). The molecule has 0 spiro atoms. The number of ether oxygens (including phenoxy) is 1. The predicted molar refractivity (Wildman–Crippen MR) is 107 cm³/mol. The highest BCUT2D eigenvalue weighted by Crippen LogP contribution is 2.35. The molecule has 0 aromatic carbocycles. The Bertz CT molecular complexity index is 1020. The zero-order chi connectivity index (χ0) is 20.8. The smallest absolute Gasteiger partial charge is 0.311 e. The number of carbonyl (C=O) groups is 1. The van der Waals surface area contributed by atoms with Crippen LogP contribution < -0.4 is 5.56 Å². The van der Waals surface area contributed by atoms with Crippen molar-refractivity contribution in [1.29, 1.82) is 0 Å². The first-order valence-electron chi connectivity index (χ1n) is 10.6. The van der Waals surface area contributed by atoms with Crippen LogP contribution in [-0.2, 0) is 17.8 Å². The Morgan fingerprint density at radius 3 is 2.83 bits per heavy atom. The van der Waals surface area contributed by atoms with Crippen molar-refractivity contribution >= 4 is 5.91 Å². The van der Waals surface area contributed by atoms with Crippen LogP contribution in [0.15, 0.2) is 21.3 Å². The number of piperidine rings is 1. The molecule has 0 saturated carbocycles. The van der Waals surface area contributed by atoms with Gasteiger partial charge in [-0.15, -0.1) is 10.2 Å². The average molecular weight is 413 g/mol. The second-order valence-electron chi connectivity index (χ2n) is 8.75. The van der Waals surface area contributed by atoms with Crippen LogP contribution >= 0.6 is 0 Å². The van der Waals surface area contributed by atoms with Gasteiger partial charge in [-0.25, -0.2) is 0 Å². The molecule has 3 atom stereocenters. The van der Waals surface area contributed by atoms with Gasteiger partial charge in [-0.3, -0.25) is 14.5 Å². The number of aromatic nitrogens is 3. The van der Waals surface area contributed by atoms with E-state index in [-0.39, 0.29) is 35.3 Å². The average Bonchev–Trinajstić information content (AvgIpc) is 3.16. The summed E-state index contributed by atoms with van der Waals surface area (Å²) in [6.45, 7) is 8.61. The van der Waals surface area contributed by atoms with E-state index in [2.05, 4.69) is 28.1 Å². The number of hydrogen-bond acceptors (Lipinski definition) is 7. The van der Waals surface area contributed by atoms with Crippen LogP contribution in [0.5, 0.6) is 0 Å². The molecule has 160 valence electrons. The molecular weight excluding hydrogens is 386 g/mol. The highest BCUT2D eigenvalue weighted by molar-refractivity contribution is 5.89. The van der Waals surface area contributed by atoms with Gasteiger partial charge in [0.05, 0.1) is 12.7 Å². The number of aryl methyl sites for hydroxylation is 1. The molecule has 2 bridgehead atoms. The second-order valence-corrected chi connectivity index (χ2v) is 8.75. The minimum Gasteiger partial charge on any atom is -0.417 e. The van der Waals surface area contributed by atoms with Gasteiger partial charge >= 0.3 is 11.8 Å². The highest BCUT2D eigenvalue weighted by Gasteiger charge is 2.38. The van der Waals surface area contributed by atoms with E-state index >= 15 is 0 Å². The van der Waals surface area contributed by atoms with E-state index in [9.17, 15) is 9.59 Å². The van der Waals surface area contributed by atoms with Gasteiger partial charge in [0, 0.05) is 63.4 Å². The topological polar surface area (TPSA) is 93.7 Å². The van der Waals surface area contributed by atoms with Gasteiger partial charge < -0.3 is 18.6 Å². The second kappa shape index (κ2) is 7.63. The standard InChI is InChI=1S/C21H27N5O4/c1-13-8-24(5-6-29-13)11-16-3-4-18-17-7-15(10-26(18)20(16)27)9-25(12-17)21(28)19-23-22-14(2)30-19/h3-4,13,15,17H,5-12H2,1-2H3/t13-,15-,17+/m0/s1. The molecule has 0 aliphatic carbocycles. The molecule has 30 heavy (non-hydrogen) atoms. The highest BCUT2D eigenvalue weighted by atomic mass is 16.5. The summed E-state index contributed by atoms with van der Waals surface area (Å²) in [5.41, 5.74) is 1.96.